The van der Waals surface area contributed by atoms with E-state index >= 15 is 0 Å². The minimum absolute atomic E-state index is 0.0448. The monoisotopic (exact) mass is 696 g/mol. The Balaban J connectivity index is 1.28. The number of nitrogens with zero attached hydrogens (tertiary/aromatic N) is 5. The fraction of sp³-hybridized carbons (Fsp3) is 0.250. The Morgan fingerprint density at radius 2 is 1.78 bits per heavy atom. The zero-order valence-electron chi connectivity index (χ0n) is 27.8. The van der Waals surface area contributed by atoms with Gasteiger partial charge in [0.25, 0.3) is 11.8 Å². The Morgan fingerprint density at radius 1 is 0.959 bits per heavy atom. The smallest absolute Gasteiger partial charge is 0.253 e. The summed E-state index contributed by atoms with van der Waals surface area (Å²) in [5.74, 6) is 1.84. The summed E-state index contributed by atoms with van der Waals surface area (Å²) in [4.78, 5) is 28.1. The standard InChI is InChI=1S/C36H36N6O5S2/c1-22-10-6-14-28(23(22)2)41-32(20-37-35(44)24-11-7-12-25(18-24)45-3)38-39-36(41)49-21-33(43)42-29(19-27(40-42)31-16-9-17-48-31)26-13-8-15-30(46-4)34(26)47-5/h6-18,29H,19-21H2,1-5H3,(H,37,44)/t29-/m0/s1. The van der Waals surface area contributed by atoms with Crippen LogP contribution in [0.2, 0.25) is 0 Å². The van der Waals surface area contributed by atoms with Gasteiger partial charge in [-0.25, -0.2) is 5.01 Å². The van der Waals surface area contributed by atoms with Crippen molar-refractivity contribution in [1.29, 1.82) is 0 Å². The molecule has 1 aliphatic heterocycles. The number of aromatic nitrogens is 3. The third-order valence-corrected chi connectivity index (χ3v) is 10.2. The molecule has 2 amide bonds. The zero-order chi connectivity index (χ0) is 34.5. The second kappa shape index (κ2) is 15.0. The van der Waals surface area contributed by atoms with Crippen LogP contribution in [0.15, 0.2) is 88.4 Å². The number of hydrazone groups is 1. The molecule has 0 aliphatic carbocycles. The number of hydrogen-bond donors (Lipinski definition) is 1. The second-order valence-electron chi connectivity index (χ2n) is 11.2. The molecule has 5 aromatic rings. The third-order valence-electron chi connectivity index (χ3n) is 8.34. The van der Waals surface area contributed by atoms with Gasteiger partial charge < -0.3 is 19.5 Å². The number of nitrogens with one attached hydrogen (secondary N) is 1. The first-order chi connectivity index (χ1) is 23.8. The van der Waals surface area contributed by atoms with Gasteiger partial charge in [-0.2, -0.15) is 5.10 Å². The Kier molecular flexibility index (Phi) is 10.3. The number of benzene rings is 3. The van der Waals surface area contributed by atoms with Crippen LogP contribution in [-0.4, -0.2) is 64.4 Å². The Bertz CT molecular complexity index is 2010. The molecule has 0 saturated carbocycles. The lowest BCUT2D eigenvalue weighted by atomic mass is 9.99. The van der Waals surface area contributed by atoms with Gasteiger partial charge in [-0.1, -0.05) is 48.2 Å². The molecule has 6 rings (SSSR count). The molecule has 2 aromatic heterocycles. The molecule has 1 atom stereocenters. The van der Waals surface area contributed by atoms with Gasteiger partial charge in [-0.3, -0.25) is 14.2 Å². The molecule has 3 aromatic carbocycles. The summed E-state index contributed by atoms with van der Waals surface area (Å²) in [6.45, 7) is 4.18. The van der Waals surface area contributed by atoms with E-state index in [1.807, 2.05) is 72.3 Å². The van der Waals surface area contributed by atoms with Crippen molar-refractivity contribution in [3.63, 3.8) is 0 Å². The number of aryl methyl sites for hydroxylation is 1. The molecule has 0 spiro atoms. The Labute approximate surface area is 292 Å². The number of carbonyl (C=O) groups is 2. The number of thiophene rings is 1. The zero-order valence-corrected chi connectivity index (χ0v) is 29.4. The van der Waals surface area contributed by atoms with Crippen molar-refractivity contribution >= 4 is 40.6 Å². The van der Waals surface area contributed by atoms with Crippen molar-refractivity contribution in [1.82, 2.24) is 25.1 Å². The van der Waals surface area contributed by atoms with Crippen molar-refractivity contribution in [3.05, 3.63) is 111 Å². The van der Waals surface area contributed by atoms with E-state index < -0.39 is 6.04 Å². The number of hydrogen-bond acceptors (Lipinski definition) is 10. The summed E-state index contributed by atoms with van der Waals surface area (Å²) in [7, 11) is 4.74. The molecule has 0 unspecified atom stereocenters. The van der Waals surface area contributed by atoms with Gasteiger partial charge in [0.15, 0.2) is 22.5 Å². The molecule has 13 heteroatoms. The van der Waals surface area contributed by atoms with Gasteiger partial charge in [0.1, 0.15) is 5.75 Å². The molecule has 0 fully saturated rings. The van der Waals surface area contributed by atoms with Crippen LogP contribution in [0.4, 0.5) is 0 Å². The van der Waals surface area contributed by atoms with E-state index in [2.05, 4.69) is 15.5 Å². The number of para-hydroxylation sites is 1. The number of ether oxygens (including phenoxy) is 3. The first-order valence-corrected chi connectivity index (χ1v) is 17.4. The lowest BCUT2D eigenvalue weighted by molar-refractivity contribution is -0.130. The number of methoxy groups -OCH3 is 3. The lowest BCUT2D eigenvalue weighted by Crippen LogP contribution is -2.29. The molecule has 0 bridgehead atoms. The summed E-state index contributed by atoms with van der Waals surface area (Å²) in [6.07, 6.45) is 0.524. The minimum Gasteiger partial charge on any atom is -0.497 e. The average Bonchev–Trinajstić information content (AvgIpc) is 3.91. The maximum atomic E-state index is 14.1. The van der Waals surface area contributed by atoms with Crippen LogP contribution in [0.25, 0.3) is 5.69 Å². The number of carbonyl (C=O) groups excluding carboxylic acids is 2. The molecule has 3 heterocycles. The van der Waals surface area contributed by atoms with E-state index in [9.17, 15) is 9.59 Å². The molecule has 49 heavy (non-hydrogen) atoms. The highest BCUT2D eigenvalue weighted by Gasteiger charge is 2.36. The van der Waals surface area contributed by atoms with Crippen molar-refractivity contribution in [2.24, 2.45) is 5.10 Å². The van der Waals surface area contributed by atoms with Crippen molar-refractivity contribution in [3.8, 4) is 22.9 Å². The van der Waals surface area contributed by atoms with Gasteiger partial charge in [-0.05, 0) is 66.8 Å². The first-order valence-electron chi connectivity index (χ1n) is 15.5. The van der Waals surface area contributed by atoms with E-state index in [-0.39, 0.29) is 24.1 Å². The first kappa shape index (κ1) is 33.7. The fourth-order valence-corrected chi connectivity index (χ4v) is 7.23. The average molecular weight is 697 g/mol. The normalized spacial score (nSPS) is 14.0. The van der Waals surface area contributed by atoms with Crippen LogP contribution in [0.3, 0.4) is 0 Å². The van der Waals surface area contributed by atoms with Crippen LogP contribution in [0, 0.1) is 13.8 Å². The highest BCUT2D eigenvalue weighted by atomic mass is 32.2. The molecule has 0 radical (unpaired) electrons. The molecule has 0 saturated heterocycles. The van der Waals surface area contributed by atoms with Crippen molar-refractivity contribution in [2.45, 2.75) is 38.0 Å². The number of amides is 2. The SMILES string of the molecule is COc1cccc(C(=O)NCc2nnc(SCC(=O)N3N=C(c4cccs4)C[C@H]3c3cccc(OC)c3OC)n2-c2cccc(C)c2C)c1. The molecular weight excluding hydrogens is 661 g/mol. The molecule has 252 valence electrons. The second-order valence-corrected chi connectivity index (χ2v) is 13.1. The topological polar surface area (TPSA) is 120 Å². The minimum atomic E-state index is -0.394. The van der Waals surface area contributed by atoms with Crippen LogP contribution >= 0.6 is 23.1 Å². The predicted octanol–water partition coefficient (Wildman–Crippen LogP) is 6.37. The van der Waals surface area contributed by atoms with Gasteiger partial charge in [-0.15, -0.1) is 21.5 Å². The van der Waals surface area contributed by atoms with Crippen molar-refractivity contribution in [2.75, 3.05) is 27.1 Å². The van der Waals surface area contributed by atoms with Gasteiger partial charge in [0, 0.05) is 17.5 Å². The Morgan fingerprint density at radius 3 is 2.53 bits per heavy atom. The quantitative estimate of drug-likeness (QED) is 0.150. The maximum absolute atomic E-state index is 14.1. The number of rotatable bonds is 12. The molecular formula is C36H36N6O5S2. The van der Waals surface area contributed by atoms with Gasteiger partial charge in [0.05, 0.1) is 55.9 Å². The van der Waals surface area contributed by atoms with Gasteiger partial charge in [0.2, 0.25) is 0 Å². The van der Waals surface area contributed by atoms with Crippen molar-refractivity contribution < 1.29 is 23.8 Å². The highest BCUT2D eigenvalue weighted by molar-refractivity contribution is 7.99. The van der Waals surface area contributed by atoms with E-state index in [1.54, 1.807) is 61.9 Å². The molecule has 1 N–H and O–H groups in total. The van der Waals surface area contributed by atoms with E-state index in [0.29, 0.717) is 40.2 Å². The summed E-state index contributed by atoms with van der Waals surface area (Å²) in [5.41, 5.74) is 5.09. The van der Waals surface area contributed by atoms with E-state index in [0.717, 1.165) is 33.0 Å². The highest BCUT2D eigenvalue weighted by Crippen LogP contribution is 2.42. The van der Waals surface area contributed by atoms with Gasteiger partial charge >= 0.3 is 0 Å². The maximum Gasteiger partial charge on any atom is 0.253 e. The van der Waals surface area contributed by atoms with Crippen LogP contribution in [-0.2, 0) is 11.3 Å². The largest absolute Gasteiger partial charge is 0.497 e. The summed E-state index contributed by atoms with van der Waals surface area (Å²) in [6, 6.07) is 22.2. The summed E-state index contributed by atoms with van der Waals surface area (Å²) < 4.78 is 18.5. The summed E-state index contributed by atoms with van der Waals surface area (Å²) in [5, 5.41) is 20.8. The lowest BCUT2D eigenvalue weighted by Gasteiger charge is -2.24. The van der Waals surface area contributed by atoms with E-state index in [1.165, 1.54) is 11.8 Å². The molecule has 11 nitrogen and oxygen atoms in total. The number of thioether (sulfide) groups is 1. The Hall–Kier alpha value is -5.14. The fourth-order valence-electron chi connectivity index (χ4n) is 5.69. The third kappa shape index (κ3) is 7.03. The van der Waals surface area contributed by atoms with Crippen LogP contribution in [0.1, 0.15) is 50.2 Å². The van der Waals surface area contributed by atoms with E-state index in [4.69, 9.17) is 19.3 Å². The van der Waals surface area contributed by atoms with Crippen LogP contribution < -0.4 is 19.5 Å². The molecule has 1 aliphatic rings. The predicted molar refractivity (Wildman–Crippen MR) is 190 cm³/mol. The van der Waals surface area contributed by atoms with Crippen LogP contribution in [0.5, 0.6) is 17.2 Å². The summed E-state index contributed by atoms with van der Waals surface area (Å²) >= 11 is 2.85.